The zero-order chi connectivity index (χ0) is 18.8. The molecule has 1 saturated heterocycles. The van der Waals surface area contributed by atoms with E-state index in [2.05, 4.69) is 9.36 Å². The molecule has 1 aliphatic heterocycles. The Labute approximate surface area is 157 Å². The molecule has 10 heteroatoms. The van der Waals surface area contributed by atoms with Crippen LogP contribution in [0, 0.1) is 0 Å². The molecule has 0 spiro atoms. The molecule has 0 saturated carbocycles. The fraction of sp³-hybridized carbons (Fsp3) is 0.500. The molecule has 1 aliphatic rings. The number of rotatable bonds is 6. The third kappa shape index (κ3) is 5.32. The van der Waals surface area contributed by atoms with Gasteiger partial charge in [-0.15, -0.1) is 0 Å². The second kappa shape index (κ2) is 7.71. The monoisotopic (exact) mass is 406 g/mol. The second-order valence-electron chi connectivity index (χ2n) is 6.09. The molecule has 2 heterocycles. The molecule has 0 bridgehead atoms. The van der Waals surface area contributed by atoms with Crippen molar-refractivity contribution in [2.45, 2.75) is 42.8 Å². The Morgan fingerprint density at radius 3 is 2.88 bits per heavy atom. The van der Waals surface area contributed by atoms with Crippen molar-refractivity contribution in [2.75, 3.05) is 13.2 Å². The van der Waals surface area contributed by atoms with E-state index in [0.29, 0.717) is 34.9 Å². The number of benzene rings is 1. The molecule has 2 aromatic rings. The molecule has 1 unspecified atom stereocenters. The highest BCUT2D eigenvalue weighted by Crippen LogP contribution is 2.31. The summed E-state index contributed by atoms with van der Waals surface area (Å²) in [4.78, 5) is 4.22. The topological polar surface area (TPSA) is 53.5 Å². The van der Waals surface area contributed by atoms with Crippen LogP contribution in [0.15, 0.2) is 29.4 Å². The summed E-state index contributed by atoms with van der Waals surface area (Å²) in [7, 11) is 0. The first-order valence-electron chi connectivity index (χ1n) is 7.78. The Morgan fingerprint density at radius 2 is 2.19 bits per heavy atom. The lowest BCUT2D eigenvalue weighted by Gasteiger charge is -2.16. The predicted octanol–water partition coefficient (Wildman–Crippen LogP) is 4.38. The number of aromatic nitrogens is 2. The second-order valence-corrected chi connectivity index (χ2v) is 7.75. The predicted molar refractivity (Wildman–Crippen MR) is 91.3 cm³/mol. The molecule has 26 heavy (non-hydrogen) atoms. The third-order valence-corrected chi connectivity index (χ3v) is 5.13. The molecule has 1 fully saturated rings. The van der Waals surface area contributed by atoms with Gasteiger partial charge in [0.05, 0.1) is 12.2 Å². The molecule has 0 aliphatic carbocycles. The summed E-state index contributed by atoms with van der Waals surface area (Å²) < 4.78 is 59.0. The molecule has 1 aromatic carbocycles. The van der Waals surface area contributed by atoms with Crippen molar-refractivity contribution >= 4 is 23.3 Å². The van der Waals surface area contributed by atoms with Crippen molar-refractivity contribution in [3.05, 3.63) is 35.4 Å². The highest BCUT2D eigenvalue weighted by molar-refractivity contribution is 7.98. The first-order valence-corrected chi connectivity index (χ1v) is 9.54. The fourth-order valence-electron chi connectivity index (χ4n) is 2.31. The molecule has 0 amide bonds. The number of thioether (sulfide) groups is 1. The number of ether oxygens (including phenoxy) is 3. The largest absolute Gasteiger partial charge is 0.466 e. The normalized spacial score (nSPS) is 19.7. The Bertz CT molecular complexity index is 752. The highest BCUT2D eigenvalue weighted by atomic mass is 32.2. The molecule has 0 radical (unpaired) electrons. The summed E-state index contributed by atoms with van der Waals surface area (Å²) in [5.41, 5.74) is -0.103. The van der Waals surface area contributed by atoms with E-state index in [1.165, 1.54) is 17.8 Å². The maximum absolute atomic E-state index is 12.7. The van der Waals surface area contributed by atoms with Crippen molar-refractivity contribution in [3.8, 4) is 5.19 Å². The van der Waals surface area contributed by atoms with Gasteiger partial charge in [-0.2, -0.15) is 22.5 Å². The van der Waals surface area contributed by atoms with Crippen molar-refractivity contribution < 1.29 is 27.4 Å². The van der Waals surface area contributed by atoms with Gasteiger partial charge in [0, 0.05) is 17.3 Å². The summed E-state index contributed by atoms with van der Waals surface area (Å²) in [6, 6.07) is 5.23. The minimum absolute atomic E-state index is 0.171. The van der Waals surface area contributed by atoms with Crippen LogP contribution in [0.2, 0.25) is 0 Å². The summed E-state index contributed by atoms with van der Waals surface area (Å²) in [6.07, 6.45) is -4.52. The Kier molecular flexibility index (Phi) is 5.75. The lowest BCUT2D eigenvalue weighted by atomic mass is 10.1. The third-order valence-electron chi connectivity index (χ3n) is 3.47. The van der Waals surface area contributed by atoms with Crippen LogP contribution in [0.3, 0.4) is 0 Å². The minimum atomic E-state index is -4.35. The van der Waals surface area contributed by atoms with E-state index in [-0.39, 0.29) is 6.10 Å². The van der Waals surface area contributed by atoms with E-state index < -0.39 is 17.5 Å². The zero-order valence-corrected chi connectivity index (χ0v) is 15.7. The maximum Gasteiger partial charge on any atom is 0.416 e. The Morgan fingerprint density at radius 1 is 1.38 bits per heavy atom. The smallest absolute Gasteiger partial charge is 0.416 e. The first-order chi connectivity index (χ1) is 12.2. The number of halogens is 3. The van der Waals surface area contributed by atoms with E-state index in [1.54, 1.807) is 6.07 Å². The van der Waals surface area contributed by atoms with Gasteiger partial charge in [-0.05, 0) is 25.5 Å². The van der Waals surface area contributed by atoms with Crippen molar-refractivity contribution in [2.24, 2.45) is 0 Å². The van der Waals surface area contributed by atoms with Crippen LogP contribution in [0.25, 0.3) is 0 Å². The lowest BCUT2D eigenvalue weighted by molar-refractivity contribution is -0.141. The molecule has 1 aromatic heterocycles. The number of hydrogen-bond acceptors (Lipinski definition) is 7. The van der Waals surface area contributed by atoms with Gasteiger partial charge < -0.3 is 14.2 Å². The molecule has 1 atom stereocenters. The van der Waals surface area contributed by atoms with Gasteiger partial charge in [0.1, 0.15) is 12.7 Å². The summed E-state index contributed by atoms with van der Waals surface area (Å²) in [6.45, 7) is 4.42. The highest BCUT2D eigenvalue weighted by Gasteiger charge is 2.33. The molecule has 3 rings (SSSR count). The lowest BCUT2D eigenvalue weighted by Crippen LogP contribution is -2.25. The fourth-order valence-corrected chi connectivity index (χ4v) is 3.76. The van der Waals surface area contributed by atoms with E-state index in [0.717, 1.165) is 23.7 Å². The van der Waals surface area contributed by atoms with Gasteiger partial charge in [-0.1, -0.05) is 30.0 Å². The van der Waals surface area contributed by atoms with Crippen LogP contribution in [0.5, 0.6) is 5.19 Å². The van der Waals surface area contributed by atoms with Crippen LogP contribution >= 0.6 is 23.3 Å². The number of alkyl halides is 3. The molecular formula is C16H17F3N2O3S2. The van der Waals surface area contributed by atoms with Crippen LogP contribution < -0.4 is 4.74 Å². The SMILES string of the molecule is CC1(C)OCC(COc2nc(SCc3cccc(C(F)(F)F)c3)ns2)O1. The Balaban J connectivity index is 1.50. The van der Waals surface area contributed by atoms with Crippen molar-refractivity contribution in [1.82, 2.24) is 9.36 Å². The molecular weight excluding hydrogens is 389 g/mol. The zero-order valence-electron chi connectivity index (χ0n) is 14.1. The summed E-state index contributed by atoms with van der Waals surface area (Å²) >= 11 is 2.35. The van der Waals surface area contributed by atoms with Crippen molar-refractivity contribution in [1.29, 1.82) is 0 Å². The van der Waals surface area contributed by atoms with E-state index in [1.807, 2.05) is 13.8 Å². The maximum atomic E-state index is 12.7. The van der Waals surface area contributed by atoms with Crippen LogP contribution in [-0.2, 0) is 21.4 Å². The summed E-state index contributed by atoms with van der Waals surface area (Å²) in [5.74, 6) is -0.269. The van der Waals surface area contributed by atoms with Gasteiger partial charge in [-0.3, -0.25) is 0 Å². The average Bonchev–Trinajstić information content (AvgIpc) is 3.16. The van der Waals surface area contributed by atoms with Gasteiger partial charge in [0.15, 0.2) is 5.79 Å². The van der Waals surface area contributed by atoms with Crippen LogP contribution in [0.4, 0.5) is 13.2 Å². The Hall–Kier alpha value is -1.36. The van der Waals surface area contributed by atoms with Gasteiger partial charge in [0.2, 0.25) is 5.16 Å². The molecule has 5 nitrogen and oxygen atoms in total. The van der Waals surface area contributed by atoms with Crippen molar-refractivity contribution in [3.63, 3.8) is 0 Å². The van der Waals surface area contributed by atoms with E-state index in [4.69, 9.17) is 14.2 Å². The van der Waals surface area contributed by atoms with Crippen LogP contribution in [-0.4, -0.2) is 34.5 Å². The minimum Gasteiger partial charge on any atom is -0.466 e. The standard InChI is InChI=1S/C16H17F3N2O3S2/c1-15(2)23-8-12(24-15)7-22-14-20-13(21-26-14)25-9-10-4-3-5-11(6-10)16(17,18)19/h3-6,12H,7-9H2,1-2H3. The first kappa shape index (κ1) is 19.4. The van der Waals surface area contributed by atoms with Gasteiger partial charge in [0.25, 0.3) is 5.19 Å². The van der Waals surface area contributed by atoms with E-state index in [9.17, 15) is 13.2 Å². The average molecular weight is 406 g/mol. The molecule has 142 valence electrons. The molecule has 0 N–H and O–H groups in total. The van der Waals surface area contributed by atoms with E-state index >= 15 is 0 Å². The quantitative estimate of drug-likeness (QED) is 0.664. The van der Waals surface area contributed by atoms with Gasteiger partial charge >= 0.3 is 6.18 Å². The summed E-state index contributed by atoms with van der Waals surface area (Å²) in [5, 5.41) is 0.858. The number of hydrogen-bond donors (Lipinski definition) is 0. The van der Waals surface area contributed by atoms with Crippen LogP contribution in [0.1, 0.15) is 25.0 Å². The van der Waals surface area contributed by atoms with Gasteiger partial charge in [-0.25, -0.2) is 0 Å². The number of nitrogens with zero attached hydrogens (tertiary/aromatic N) is 2.